The molecule has 0 aliphatic heterocycles. The lowest BCUT2D eigenvalue weighted by atomic mass is 10.1. The van der Waals surface area contributed by atoms with Gasteiger partial charge in [-0.1, -0.05) is 51.0 Å². The zero-order chi connectivity index (χ0) is 16.8. The van der Waals surface area contributed by atoms with E-state index in [-0.39, 0.29) is 11.9 Å². The molecule has 0 aliphatic rings. The van der Waals surface area contributed by atoms with Crippen LogP contribution in [0.25, 0.3) is 0 Å². The molecule has 4 nitrogen and oxygen atoms in total. The molecule has 0 atom stereocenters. The molecule has 22 heavy (non-hydrogen) atoms. The summed E-state index contributed by atoms with van der Waals surface area (Å²) in [6.45, 7) is 4.90. The Morgan fingerprint density at radius 2 is 1.68 bits per heavy atom. The third kappa shape index (κ3) is 12.2. The van der Waals surface area contributed by atoms with Gasteiger partial charge in [-0.05, 0) is 18.8 Å². The number of methoxy groups -OCH3 is 1. The topological polar surface area (TPSA) is 46.6 Å². The Hall–Kier alpha value is -1.58. The summed E-state index contributed by atoms with van der Waals surface area (Å²) >= 11 is 0. The van der Waals surface area contributed by atoms with Crippen molar-refractivity contribution < 1.29 is 14.3 Å². The van der Waals surface area contributed by atoms with Crippen molar-refractivity contribution in [2.24, 2.45) is 5.92 Å². The third-order valence-corrected chi connectivity index (χ3v) is 3.30. The average molecular weight is 309 g/mol. The van der Waals surface area contributed by atoms with E-state index in [0.717, 1.165) is 25.7 Å². The number of likely N-dealkylation sites (N-methyl/N-ethyl adjacent to an activating group) is 1. The molecule has 0 spiro atoms. The van der Waals surface area contributed by atoms with Crippen molar-refractivity contribution in [1.82, 2.24) is 4.90 Å². The summed E-state index contributed by atoms with van der Waals surface area (Å²) in [4.78, 5) is 24.6. The van der Waals surface area contributed by atoms with E-state index in [9.17, 15) is 9.59 Å². The number of amides is 1. The molecule has 0 unspecified atom stereocenters. The highest BCUT2D eigenvalue weighted by atomic mass is 16.5. The fourth-order valence-electron chi connectivity index (χ4n) is 1.88. The number of rotatable bonds is 11. The van der Waals surface area contributed by atoms with Gasteiger partial charge in [-0.15, -0.1) is 0 Å². The van der Waals surface area contributed by atoms with Gasteiger partial charge in [0, 0.05) is 26.4 Å². The lowest BCUT2D eigenvalue weighted by Crippen LogP contribution is -2.26. The van der Waals surface area contributed by atoms with Crippen LogP contribution in [0, 0.1) is 5.92 Å². The van der Waals surface area contributed by atoms with Crippen LogP contribution in [-0.2, 0) is 14.3 Å². The van der Waals surface area contributed by atoms with Crippen LogP contribution in [0.3, 0.4) is 0 Å². The van der Waals surface area contributed by atoms with Crippen LogP contribution in [0.2, 0.25) is 0 Å². The predicted molar refractivity (Wildman–Crippen MR) is 90.5 cm³/mol. The van der Waals surface area contributed by atoms with Crippen LogP contribution in [0.15, 0.2) is 24.3 Å². The van der Waals surface area contributed by atoms with Gasteiger partial charge in [0.25, 0.3) is 0 Å². The molecule has 0 aromatic carbocycles. The second-order valence-electron chi connectivity index (χ2n) is 5.82. The van der Waals surface area contributed by atoms with E-state index < -0.39 is 0 Å². The van der Waals surface area contributed by atoms with E-state index in [1.807, 2.05) is 25.3 Å². The Balaban J connectivity index is 3.68. The average Bonchev–Trinajstić information content (AvgIpc) is 2.49. The molecule has 0 N–H and O–H groups in total. The zero-order valence-electron chi connectivity index (χ0n) is 14.5. The van der Waals surface area contributed by atoms with E-state index in [1.165, 1.54) is 7.11 Å². The molecule has 0 aromatic heterocycles. The first kappa shape index (κ1) is 20.4. The van der Waals surface area contributed by atoms with Crippen molar-refractivity contribution in [3.05, 3.63) is 24.3 Å². The molecule has 0 fully saturated rings. The third-order valence-electron chi connectivity index (χ3n) is 3.30. The van der Waals surface area contributed by atoms with Gasteiger partial charge >= 0.3 is 5.97 Å². The van der Waals surface area contributed by atoms with Gasteiger partial charge in [0.15, 0.2) is 0 Å². The number of nitrogens with zero attached hydrogens (tertiary/aromatic N) is 1. The largest absolute Gasteiger partial charge is 0.469 e. The number of hydrogen-bond donors (Lipinski definition) is 0. The second-order valence-corrected chi connectivity index (χ2v) is 5.82. The van der Waals surface area contributed by atoms with E-state index in [0.29, 0.717) is 25.3 Å². The highest BCUT2D eigenvalue weighted by Crippen LogP contribution is 2.07. The van der Waals surface area contributed by atoms with Crippen molar-refractivity contribution >= 4 is 11.9 Å². The molecule has 4 heteroatoms. The Bertz CT molecular complexity index is 373. The number of ether oxygens (including phenoxy) is 1. The van der Waals surface area contributed by atoms with Gasteiger partial charge in [0.05, 0.1) is 7.11 Å². The molecule has 0 heterocycles. The molecular weight excluding hydrogens is 278 g/mol. The fourth-order valence-corrected chi connectivity index (χ4v) is 1.88. The first-order valence-electron chi connectivity index (χ1n) is 8.11. The highest BCUT2D eigenvalue weighted by Gasteiger charge is 2.06. The standard InChI is InChI=1S/C18H31NO3/c1-16(2)12-8-7-11-15-19(3)17(20)13-9-5-6-10-14-18(21)22-4/h7-8,11-12,16H,5-6,9-10,13-15H2,1-4H3/b11-7+,12-8+. The lowest BCUT2D eigenvalue weighted by Gasteiger charge is -2.14. The number of hydrogen-bond acceptors (Lipinski definition) is 3. The summed E-state index contributed by atoms with van der Waals surface area (Å²) in [7, 11) is 3.24. The van der Waals surface area contributed by atoms with Crippen molar-refractivity contribution in [2.45, 2.75) is 52.4 Å². The molecule has 0 saturated carbocycles. The summed E-state index contributed by atoms with van der Waals surface area (Å²) in [5.41, 5.74) is 0. The van der Waals surface area contributed by atoms with Crippen molar-refractivity contribution in [2.75, 3.05) is 20.7 Å². The maximum atomic E-state index is 11.9. The monoisotopic (exact) mass is 309 g/mol. The molecule has 0 aliphatic carbocycles. The predicted octanol–water partition coefficient (Wildman–Crippen LogP) is 3.73. The van der Waals surface area contributed by atoms with Crippen LogP contribution in [-0.4, -0.2) is 37.5 Å². The second kappa shape index (κ2) is 13.1. The summed E-state index contributed by atoms with van der Waals surface area (Å²) in [5.74, 6) is 0.558. The minimum absolute atomic E-state index is 0.158. The Kier molecular flexibility index (Phi) is 12.2. The first-order chi connectivity index (χ1) is 10.5. The van der Waals surface area contributed by atoms with E-state index in [2.05, 4.69) is 24.7 Å². The van der Waals surface area contributed by atoms with Gasteiger partial charge in [0.1, 0.15) is 0 Å². The van der Waals surface area contributed by atoms with Gasteiger partial charge in [0.2, 0.25) is 5.91 Å². The maximum absolute atomic E-state index is 11.9. The number of unbranched alkanes of at least 4 members (excludes halogenated alkanes) is 3. The Morgan fingerprint density at radius 3 is 2.27 bits per heavy atom. The minimum atomic E-state index is -0.158. The van der Waals surface area contributed by atoms with E-state index in [4.69, 9.17) is 0 Å². The summed E-state index contributed by atoms with van der Waals surface area (Å²) in [5, 5.41) is 0. The number of carbonyl (C=O) groups is 2. The minimum Gasteiger partial charge on any atom is -0.469 e. The van der Waals surface area contributed by atoms with Crippen molar-refractivity contribution in [3.63, 3.8) is 0 Å². The number of carbonyl (C=O) groups excluding carboxylic acids is 2. The fraction of sp³-hybridized carbons (Fsp3) is 0.667. The van der Waals surface area contributed by atoms with Crippen LogP contribution in [0.1, 0.15) is 52.4 Å². The summed E-state index contributed by atoms with van der Waals surface area (Å²) in [6.07, 6.45) is 12.8. The molecule has 0 aromatic rings. The van der Waals surface area contributed by atoms with Crippen molar-refractivity contribution in [1.29, 1.82) is 0 Å². The number of allylic oxidation sites excluding steroid dienone is 3. The molecule has 1 amide bonds. The molecular formula is C18H31NO3. The van der Waals surface area contributed by atoms with Crippen LogP contribution in [0.5, 0.6) is 0 Å². The van der Waals surface area contributed by atoms with Crippen LogP contribution >= 0.6 is 0 Å². The normalized spacial score (nSPS) is 11.5. The Morgan fingerprint density at radius 1 is 1.05 bits per heavy atom. The van der Waals surface area contributed by atoms with Gasteiger partial charge in [-0.25, -0.2) is 0 Å². The SMILES string of the molecule is COC(=O)CCCCCCC(=O)N(C)C/C=C/C=C/C(C)C. The highest BCUT2D eigenvalue weighted by molar-refractivity contribution is 5.75. The lowest BCUT2D eigenvalue weighted by molar-refractivity contribution is -0.140. The molecule has 0 rings (SSSR count). The zero-order valence-corrected chi connectivity index (χ0v) is 14.5. The van der Waals surface area contributed by atoms with Crippen molar-refractivity contribution in [3.8, 4) is 0 Å². The van der Waals surface area contributed by atoms with E-state index in [1.54, 1.807) is 4.90 Å². The van der Waals surface area contributed by atoms with Gasteiger partial charge in [-0.3, -0.25) is 9.59 Å². The molecule has 126 valence electrons. The smallest absolute Gasteiger partial charge is 0.305 e. The van der Waals surface area contributed by atoms with Gasteiger partial charge < -0.3 is 9.64 Å². The quantitative estimate of drug-likeness (QED) is 0.332. The Labute approximate surface area is 135 Å². The maximum Gasteiger partial charge on any atom is 0.305 e. The molecule has 0 radical (unpaired) electrons. The summed E-state index contributed by atoms with van der Waals surface area (Å²) < 4.78 is 4.58. The first-order valence-corrected chi connectivity index (χ1v) is 8.11. The van der Waals surface area contributed by atoms with Gasteiger partial charge in [-0.2, -0.15) is 0 Å². The number of esters is 1. The van der Waals surface area contributed by atoms with Crippen LogP contribution < -0.4 is 0 Å². The van der Waals surface area contributed by atoms with E-state index >= 15 is 0 Å². The molecule has 0 bridgehead atoms. The summed E-state index contributed by atoms with van der Waals surface area (Å²) in [6, 6.07) is 0. The molecule has 0 saturated heterocycles. The van der Waals surface area contributed by atoms with Crippen LogP contribution in [0.4, 0.5) is 0 Å².